The van der Waals surface area contributed by atoms with Crippen molar-refractivity contribution in [2.75, 3.05) is 18.5 Å². The highest BCUT2D eigenvalue weighted by Crippen LogP contribution is 2.25. The average molecular weight is 352 g/mol. The topological polar surface area (TPSA) is 78.9 Å². The van der Waals surface area contributed by atoms with E-state index in [-0.39, 0.29) is 18.8 Å². The second kappa shape index (κ2) is 7.84. The van der Waals surface area contributed by atoms with Crippen LogP contribution >= 0.6 is 0 Å². The summed E-state index contributed by atoms with van der Waals surface area (Å²) < 4.78 is 5.79. The van der Waals surface area contributed by atoms with Gasteiger partial charge in [-0.15, -0.1) is 0 Å². The molecule has 1 heterocycles. The van der Waals surface area contributed by atoms with Crippen molar-refractivity contribution in [3.05, 3.63) is 71.4 Å². The molecule has 1 aliphatic heterocycles. The minimum Gasteiger partial charge on any atom is -0.489 e. The zero-order chi connectivity index (χ0) is 18.5. The summed E-state index contributed by atoms with van der Waals surface area (Å²) >= 11 is 0. The highest BCUT2D eigenvalue weighted by molar-refractivity contribution is 6.17. The molecule has 0 spiro atoms. The van der Waals surface area contributed by atoms with Crippen molar-refractivity contribution in [3.8, 4) is 5.75 Å². The minimum absolute atomic E-state index is 0.00933. The number of benzene rings is 2. The quantitative estimate of drug-likeness (QED) is 0.747. The lowest BCUT2D eigenvalue weighted by atomic mass is 10.2. The lowest BCUT2D eigenvalue weighted by Crippen LogP contribution is -2.34. The van der Waals surface area contributed by atoms with Crippen LogP contribution in [0, 0.1) is 6.92 Å². The van der Waals surface area contributed by atoms with Crippen LogP contribution in [0.25, 0.3) is 0 Å². The van der Waals surface area contributed by atoms with Crippen molar-refractivity contribution in [2.24, 2.45) is 0 Å². The van der Waals surface area contributed by atoms with E-state index in [1.807, 2.05) is 55.5 Å². The van der Waals surface area contributed by atoms with Crippen LogP contribution in [0.1, 0.15) is 11.1 Å². The van der Waals surface area contributed by atoms with Crippen molar-refractivity contribution < 1.29 is 19.4 Å². The third-order valence-corrected chi connectivity index (χ3v) is 4.05. The van der Waals surface area contributed by atoms with Crippen molar-refractivity contribution in [3.63, 3.8) is 0 Å². The number of aliphatic hydroxyl groups excluding tert-OH is 1. The number of carbonyl (C=O) groups excluding carboxylic acids is 2. The Balaban J connectivity index is 1.66. The van der Waals surface area contributed by atoms with Gasteiger partial charge in [-0.3, -0.25) is 14.5 Å². The molecule has 134 valence electrons. The molecule has 0 saturated carbocycles. The van der Waals surface area contributed by atoms with Gasteiger partial charge in [0.15, 0.2) is 0 Å². The SMILES string of the molecule is Cc1cc(OCc2ccccc2)ccc1NC1=CC(=O)N(CCO)C1=O. The van der Waals surface area contributed by atoms with Gasteiger partial charge in [-0.25, -0.2) is 0 Å². The Morgan fingerprint density at radius 1 is 1.12 bits per heavy atom. The number of nitrogens with zero attached hydrogens (tertiary/aromatic N) is 1. The number of carbonyl (C=O) groups is 2. The lowest BCUT2D eigenvalue weighted by molar-refractivity contribution is -0.137. The smallest absolute Gasteiger partial charge is 0.277 e. The van der Waals surface area contributed by atoms with Crippen LogP contribution in [0.15, 0.2) is 60.3 Å². The van der Waals surface area contributed by atoms with Crippen LogP contribution in [0.2, 0.25) is 0 Å². The molecule has 0 saturated heterocycles. The number of β-amino-alcohol motifs (C(OH)–C–C–N with tert-alkyl or cyclic N) is 1. The summed E-state index contributed by atoms with van der Waals surface area (Å²) in [6.07, 6.45) is 1.25. The highest BCUT2D eigenvalue weighted by Gasteiger charge is 2.30. The fourth-order valence-corrected chi connectivity index (χ4v) is 2.66. The molecule has 6 heteroatoms. The van der Waals surface area contributed by atoms with Gasteiger partial charge in [-0.1, -0.05) is 30.3 Å². The standard InChI is InChI=1S/C20H20N2O4/c1-14-11-16(26-13-15-5-3-2-4-6-15)7-8-17(14)21-18-12-19(24)22(9-10-23)20(18)25/h2-8,11-12,21,23H,9-10,13H2,1H3. The summed E-state index contributed by atoms with van der Waals surface area (Å²) in [5, 5.41) is 11.9. The monoisotopic (exact) mass is 352 g/mol. The number of amides is 2. The largest absolute Gasteiger partial charge is 0.489 e. The van der Waals surface area contributed by atoms with E-state index in [1.54, 1.807) is 0 Å². The zero-order valence-corrected chi connectivity index (χ0v) is 14.4. The van der Waals surface area contributed by atoms with Gasteiger partial charge in [-0.2, -0.15) is 0 Å². The minimum atomic E-state index is -0.437. The first-order chi connectivity index (χ1) is 12.6. The van der Waals surface area contributed by atoms with Crippen LogP contribution in [0.4, 0.5) is 5.69 Å². The summed E-state index contributed by atoms with van der Waals surface area (Å²) in [7, 11) is 0. The molecule has 0 aliphatic carbocycles. The number of nitrogens with one attached hydrogen (secondary N) is 1. The van der Waals surface area contributed by atoms with Crippen molar-refractivity contribution in [1.82, 2.24) is 4.90 Å². The number of hydrogen-bond donors (Lipinski definition) is 2. The molecular weight excluding hydrogens is 332 g/mol. The molecule has 0 radical (unpaired) electrons. The van der Waals surface area contributed by atoms with E-state index in [9.17, 15) is 9.59 Å². The number of aliphatic hydroxyl groups is 1. The van der Waals surface area contributed by atoms with E-state index in [4.69, 9.17) is 9.84 Å². The summed E-state index contributed by atoms with van der Waals surface area (Å²) in [6.45, 7) is 2.10. The molecule has 0 fully saturated rings. The number of rotatable bonds is 7. The molecule has 2 amide bonds. The number of aryl methyl sites for hydroxylation is 1. The molecular formula is C20H20N2O4. The van der Waals surface area contributed by atoms with Gasteiger partial charge in [0.2, 0.25) is 0 Å². The first-order valence-corrected chi connectivity index (χ1v) is 8.31. The Kier molecular flexibility index (Phi) is 5.34. The van der Waals surface area contributed by atoms with Gasteiger partial charge in [0.25, 0.3) is 11.8 Å². The fraction of sp³-hybridized carbons (Fsp3) is 0.200. The Morgan fingerprint density at radius 3 is 2.58 bits per heavy atom. The maximum Gasteiger partial charge on any atom is 0.277 e. The molecule has 0 atom stereocenters. The first-order valence-electron chi connectivity index (χ1n) is 8.31. The highest BCUT2D eigenvalue weighted by atomic mass is 16.5. The van der Waals surface area contributed by atoms with E-state index in [0.717, 1.165) is 27.5 Å². The molecule has 26 heavy (non-hydrogen) atoms. The van der Waals surface area contributed by atoms with Crippen molar-refractivity contribution in [2.45, 2.75) is 13.5 Å². The van der Waals surface area contributed by atoms with Gasteiger partial charge in [0, 0.05) is 11.8 Å². The van der Waals surface area contributed by atoms with Crippen molar-refractivity contribution in [1.29, 1.82) is 0 Å². The summed E-state index contributed by atoms with van der Waals surface area (Å²) in [5.41, 5.74) is 2.88. The Morgan fingerprint density at radius 2 is 1.88 bits per heavy atom. The molecule has 0 unspecified atom stereocenters. The van der Waals surface area contributed by atoms with E-state index in [1.165, 1.54) is 6.08 Å². The maximum atomic E-state index is 12.2. The van der Waals surface area contributed by atoms with Crippen LogP contribution < -0.4 is 10.1 Å². The number of ether oxygens (including phenoxy) is 1. The van der Waals surface area contributed by atoms with Crippen molar-refractivity contribution >= 4 is 17.5 Å². The Bertz CT molecular complexity index is 846. The van der Waals surface area contributed by atoms with E-state index in [0.29, 0.717) is 6.61 Å². The Hall–Kier alpha value is -3.12. The normalized spacial score (nSPS) is 13.8. The third-order valence-electron chi connectivity index (χ3n) is 4.05. The van der Waals surface area contributed by atoms with Crippen LogP contribution in [0.5, 0.6) is 5.75 Å². The summed E-state index contributed by atoms with van der Waals surface area (Å²) in [4.78, 5) is 25.0. The Labute approximate surface area is 151 Å². The van der Waals surface area contributed by atoms with Crippen LogP contribution in [-0.2, 0) is 16.2 Å². The fourth-order valence-electron chi connectivity index (χ4n) is 2.66. The molecule has 6 nitrogen and oxygen atoms in total. The predicted molar refractivity (Wildman–Crippen MR) is 97.5 cm³/mol. The predicted octanol–water partition coefficient (Wildman–Crippen LogP) is 2.23. The van der Waals surface area contributed by atoms with Gasteiger partial charge >= 0.3 is 0 Å². The second-order valence-electron chi connectivity index (χ2n) is 5.95. The summed E-state index contributed by atoms with van der Waals surface area (Å²) in [5.74, 6) is -0.138. The molecule has 1 aliphatic rings. The van der Waals surface area contributed by atoms with Crippen LogP contribution in [0.3, 0.4) is 0 Å². The van der Waals surface area contributed by atoms with Crippen LogP contribution in [-0.4, -0.2) is 35.0 Å². The average Bonchev–Trinajstić information content (AvgIpc) is 2.91. The second-order valence-corrected chi connectivity index (χ2v) is 5.95. The van der Waals surface area contributed by atoms with Gasteiger partial charge < -0.3 is 15.2 Å². The molecule has 2 N–H and O–H groups in total. The van der Waals surface area contributed by atoms with Gasteiger partial charge in [0.1, 0.15) is 18.1 Å². The van der Waals surface area contributed by atoms with E-state index < -0.39 is 11.8 Å². The number of hydrogen-bond acceptors (Lipinski definition) is 5. The van der Waals surface area contributed by atoms with Gasteiger partial charge in [0.05, 0.1) is 13.2 Å². The lowest BCUT2D eigenvalue weighted by Gasteiger charge is -2.15. The molecule has 2 aromatic carbocycles. The van der Waals surface area contributed by atoms with E-state index in [2.05, 4.69) is 5.32 Å². The summed E-state index contributed by atoms with van der Waals surface area (Å²) in [6, 6.07) is 15.4. The molecule has 0 aromatic heterocycles. The first kappa shape index (κ1) is 17.7. The number of imide groups is 1. The number of anilines is 1. The van der Waals surface area contributed by atoms with E-state index >= 15 is 0 Å². The van der Waals surface area contributed by atoms with Gasteiger partial charge in [-0.05, 0) is 36.2 Å². The maximum absolute atomic E-state index is 12.2. The zero-order valence-electron chi connectivity index (χ0n) is 14.4. The third kappa shape index (κ3) is 3.92. The molecule has 2 aromatic rings. The molecule has 0 bridgehead atoms. The molecule has 3 rings (SSSR count).